The van der Waals surface area contributed by atoms with Crippen LogP contribution in [0.15, 0.2) is 48.5 Å². The molecule has 1 aliphatic heterocycles. The summed E-state index contributed by atoms with van der Waals surface area (Å²) in [6, 6.07) is 14.1. The monoisotopic (exact) mass is 435 g/mol. The van der Waals surface area contributed by atoms with Crippen LogP contribution in [0.2, 0.25) is 0 Å². The summed E-state index contributed by atoms with van der Waals surface area (Å²) in [5.74, 6) is 1.50. The molecule has 32 heavy (non-hydrogen) atoms. The van der Waals surface area contributed by atoms with Gasteiger partial charge in [0.2, 0.25) is 5.91 Å². The van der Waals surface area contributed by atoms with Crippen LogP contribution in [0.4, 0.5) is 10.6 Å². The predicted molar refractivity (Wildman–Crippen MR) is 121 cm³/mol. The van der Waals surface area contributed by atoms with Crippen molar-refractivity contribution in [1.29, 1.82) is 0 Å². The Balaban J connectivity index is 1.71. The van der Waals surface area contributed by atoms with E-state index in [0.29, 0.717) is 23.8 Å². The number of aromatic nitrogens is 2. The molecule has 3 aromatic rings. The number of ether oxygens (including phenoxy) is 1. The predicted octanol–water partition coefficient (Wildman–Crippen LogP) is 2.93. The maximum atomic E-state index is 12.5. The third-order valence-corrected chi connectivity index (χ3v) is 5.56. The first-order chi connectivity index (χ1) is 15.4. The lowest BCUT2D eigenvalue weighted by Crippen LogP contribution is -2.44. The van der Waals surface area contributed by atoms with E-state index in [1.54, 1.807) is 21.2 Å². The minimum Gasteiger partial charge on any atom is -0.496 e. The van der Waals surface area contributed by atoms with Crippen molar-refractivity contribution in [2.75, 3.05) is 33.1 Å². The summed E-state index contributed by atoms with van der Waals surface area (Å²) < 4.78 is 5.47. The van der Waals surface area contributed by atoms with Crippen LogP contribution in [-0.2, 0) is 4.79 Å². The normalized spacial score (nSPS) is 17.9. The number of rotatable bonds is 5. The number of amides is 2. The van der Waals surface area contributed by atoms with Gasteiger partial charge in [0, 0.05) is 32.1 Å². The molecule has 0 aliphatic carbocycles. The summed E-state index contributed by atoms with van der Waals surface area (Å²) in [5, 5.41) is 13.8. The number of likely N-dealkylation sites (tertiary alicyclic amines) is 1. The molecule has 1 aliphatic rings. The Bertz CT molecular complexity index is 1170. The van der Waals surface area contributed by atoms with Gasteiger partial charge in [0.15, 0.2) is 5.82 Å². The molecule has 0 bridgehead atoms. The molecular weight excluding hydrogens is 410 g/mol. The molecule has 0 radical (unpaired) electrons. The van der Waals surface area contributed by atoms with Gasteiger partial charge in [-0.1, -0.05) is 24.3 Å². The number of anilines is 1. The average Bonchev–Trinajstić information content (AvgIpc) is 3.22. The number of para-hydroxylation sites is 2. The Morgan fingerprint density at radius 2 is 1.84 bits per heavy atom. The summed E-state index contributed by atoms with van der Waals surface area (Å²) in [4.78, 5) is 36.3. The van der Waals surface area contributed by atoms with Crippen LogP contribution in [0.3, 0.4) is 0 Å². The fourth-order valence-electron chi connectivity index (χ4n) is 4.01. The zero-order valence-corrected chi connectivity index (χ0v) is 18.1. The lowest BCUT2D eigenvalue weighted by molar-refractivity contribution is -0.132. The van der Waals surface area contributed by atoms with Crippen LogP contribution in [0, 0.1) is 0 Å². The molecule has 1 saturated heterocycles. The topological polar surface area (TPSA) is 108 Å². The largest absolute Gasteiger partial charge is 0.496 e. The Morgan fingerprint density at radius 1 is 1.12 bits per heavy atom. The maximum Gasteiger partial charge on any atom is 0.408 e. The van der Waals surface area contributed by atoms with Gasteiger partial charge in [-0.2, -0.15) is 0 Å². The van der Waals surface area contributed by atoms with E-state index in [9.17, 15) is 14.7 Å². The van der Waals surface area contributed by atoms with Gasteiger partial charge in [-0.25, -0.2) is 14.8 Å². The first kappa shape index (κ1) is 21.4. The summed E-state index contributed by atoms with van der Waals surface area (Å²) in [6.45, 7) is 0.182. The number of methoxy groups -OCH3 is 1. The van der Waals surface area contributed by atoms with Gasteiger partial charge in [0.25, 0.3) is 0 Å². The molecule has 2 atom stereocenters. The molecule has 2 heterocycles. The highest BCUT2D eigenvalue weighted by Crippen LogP contribution is 2.32. The second kappa shape index (κ2) is 8.70. The van der Waals surface area contributed by atoms with E-state index in [1.807, 2.05) is 48.5 Å². The fourth-order valence-corrected chi connectivity index (χ4v) is 4.01. The Morgan fingerprint density at radius 3 is 2.56 bits per heavy atom. The van der Waals surface area contributed by atoms with Crippen molar-refractivity contribution in [3.8, 4) is 17.1 Å². The molecule has 9 heteroatoms. The number of nitrogens with zero attached hydrogens (tertiary/aromatic N) is 4. The van der Waals surface area contributed by atoms with Crippen molar-refractivity contribution in [3.05, 3.63) is 48.5 Å². The number of likely N-dealkylation sites (N-methyl/N-ethyl adjacent to an activating group) is 1. The van der Waals surface area contributed by atoms with Crippen molar-refractivity contribution in [3.63, 3.8) is 0 Å². The highest BCUT2D eigenvalue weighted by atomic mass is 16.5. The van der Waals surface area contributed by atoms with Crippen LogP contribution in [0.5, 0.6) is 5.75 Å². The number of fused-ring (bicyclic) bond motifs is 1. The molecule has 166 valence electrons. The van der Waals surface area contributed by atoms with Gasteiger partial charge >= 0.3 is 6.09 Å². The van der Waals surface area contributed by atoms with Crippen LogP contribution < -0.4 is 10.1 Å². The highest BCUT2D eigenvalue weighted by Gasteiger charge is 2.40. The third-order valence-electron chi connectivity index (χ3n) is 5.56. The second-order valence-corrected chi connectivity index (χ2v) is 7.87. The number of benzene rings is 2. The number of carbonyl (C=O) groups excluding carboxylic acids is 1. The van der Waals surface area contributed by atoms with E-state index < -0.39 is 12.1 Å². The minimum absolute atomic E-state index is 0.182. The zero-order valence-electron chi connectivity index (χ0n) is 18.1. The van der Waals surface area contributed by atoms with E-state index in [2.05, 4.69) is 5.32 Å². The molecule has 0 spiro atoms. The molecule has 2 aromatic carbocycles. The summed E-state index contributed by atoms with van der Waals surface area (Å²) in [7, 11) is 4.85. The van der Waals surface area contributed by atoms with Crippen LogP contribution in [-0.4, -0.2) is 76.7 Å². The van der Waals surface area contributed by atoms with E-state index >= 15 is 0 Å². The number of carboxylic acid groups (broad SMARTS) is 1. The van der Waals surface area contributed by atoms with E-state index in [4.69, 9.17) is 14.7 Å². The quantitative estimate of drug-likeness (QED) is 0.634. The van der Waals surface area contributed by atoms with E-state index in [-0.39, 0.29) is 18.5 Å². The third kappa shape index (κ3) is 4.01. The van der Waals surface area contributed by atoms with Gasteiger partial charge in [-0.3, -0.25) is 9.69 Å². The van der Waals surface area contributed by atoms with Gasteiger partial charge in [0.05, 0.1) is 18.2 Å². The van der Waals surface area contributed by atoms with Gasteiger partial charge < -0.3 is 20.1 Å². The van der Waals surface area contributed by atoms with Crippen molar-refractivity contribution in [2.24, 2.45) is 0 Å². The number of hydrogen-bond acceptors (Lipinski definition) is 6. The number of nitrogens with one attached hydrogen (secondary N) is 1. The molecule has 1 aromatic heterocycles. The lowest BCUT2D eigenvalue weighted by atomic mass is 10.1. The Kier molecular flexibility index (Phi) is 5.81. The van der Waals surface area contributed by atoms with Crippen LogP contribution >= 0.6 is 0 Å². The van der Waals surface area contributed by atoms with E-state index in [1.165, 1.54) is 9.80 Å². The molecule has 9 nitrogen and oxygen atoms in total. The Hall–Kier alpha value is -3.88. The first-order valence-corrected chi connectivity index (χ1v) is 10.3. The van der Waals surface area contributed by atoms with Gasteiger partial charge in [-0.05, 0) is 30.7 Å². The van der Waals surface area contributed by atoms with Crippen LogP contribution in [0.1, 0.15) is 6.42 Å². The fraction of sp³-hybridized carbons (Fsp3) is 0.304. The molecule has 4 rings (SSSR count). The highest BCUT2D eigenvalue weighted by molar-refractivity contribution is 5.91. The first-order valence-electron chi connectivity index (χ1n) is 10.3. The number of carbonyl (C=O) groups is 2. The summed E-state index contributed by atoms with van der Waals surface area (Å²) in [5.41, 5.74) is 1.50. The molecular formula is C23H25N5O4. The van der Waals surface area contributed by atoms with Gasteiger partial charge in [-0.15, -0.1) is 0 Å². The standard InChI is InChI=1S/C23H25N5O4/c1-27(2)22(29)18-12-14(13-28(18)23(30)31)24-20-15-8-4-6-10-17(15)25-21(26-20)16-9-5-7-11-19(16)32-3/h4-11,14,18H,12-13H2,1-3H3,(H,30,31)(H,24,25,26). The van der Waals surface area contributed by atoms with Crippen LogP contribution in [0.25, 0.3) is 22.3 Å². The van der Waals surface area contributed by atoms with Gasteiger partial charge in [0.1, 0.15) is 17.6 Å². The second-order valence-electron chi connectivity index (χ2n) is 7.87. The molecule has 1 fully saturated rings. The van der Waals surface area contributed by atoms with Crippen molar-refractivity contribution in [1.82, 2.24) is 19.8 Å². The molecule has 2 unspecified atom stereocenters. The summed E-state index contributed by atoms with van der Waals surface area (Å²) >= 11 is 0. The zero-order chi connectivity index (χ0) is 22.8. The minimum atomic E-state index is -1.11. The maximum absolute atomic E-state index is 12.5. The Labute approximate surface area is 185 Å². The lowest BCUT2D eigenvalue weighted by Gasteiger charge is -2.23. The molecule has 2 N–H and O–H groups in total. The molecule has 0 saturated carbocycles. The van der Waals surface area contributed by atoms with E-state index in [0.717, 1.165) is 16.5 Å². The molecule has 2 amide bonds. The SMILES string of the molecule is COc1ccccc1-c1nc(NC2CC(C(=O)N(C)C)N(C(=O)O)C2)c2ccccc2n1. The van der Waals surface area contributed by atoms with Crippen molar-refractivity contribution in [2.45, 2.75) is 18.5 Å². The average molecular weight is 435 g/mol. The smallest absolute Gasteiger partial charge is 0.408 e. The van der Waals surface area contributed by atoms with Crippen molar-refractivity contribution < 1.29 is 19.4 Å². The number of hydrogen-bond donors (Lipinski definition) is 2. The van der Waals surface area contributed by atoms with Crippen molar-refractivity contribution >= 4 is 28.7 Å². The summed E-state index contributed by atoms with van der Waals surface area (Å²) in [6.07, 6.45) is -0.761.